The van der Waals surface area contributed by atoms with Crippen molar-refractivity contribution in [2.75, 3.05) is 20.2 Å². The molecule has 1 aliphatic heterocycles. The third-order valence-electron chi connectivity index (χ3n) is 4.30. The summed E-state index contributed by atoms with van der Waals surface area (Å²) in [5, 5.41) is 0. The molecule has 1 aliphatic carbocycles. The molecule has 0 aromatic rings. The van der Waals surface area contributed by atoms with Crippen LogP contribution in [0, 0.1) is 5.92 Å². The van der Waals surface area contributed by atoms with E-state index in [1.807, 2.05) is 0 Å². The molecule has 17 heavy (non-hydrogen) atoms. The van der Waals surface area contributed by atoms with Gasteiger partial charge in [0.2, 0.25) is 0 Å². The number of rotatable bonds is 3. The largest absolute Gasteiger partial charge is 0.468 e. The molecule has 2 rings (SSSR count). The lowest BCUT2D eigenvalue weighted by atomic mass is 9.88. The topological polar surface area (TPSA) is 29.5 Å². The van der Waals surface area contributed by atoms with Crippen molar-refractivity contribution in [3.63, 3.8) is 0 Å². The highest BCUT2D eigenvalue weighted by atomic mass is 16.5. The zero-order valence-corrected chi connectivity index (χ0v) is 11.0. The highest BCUT2D eigenvalue weighted by Crippen LogP contribution is 2.27. The van der Waals surface area contributed by atoms with Crippen LogP contribution in [-0.4, -0.2) is 37.1 Å². The average Bonchev–Trinajstić information content (AvgIpc) is 2.40. The van der Waals surface area contributed by atoms with E-state index < -0.39 is 0 Å². The van der Waals surface area contributed by atoms with E-state index >= 15 is 0 Å². The van der Waals surface area contributed by atoms with Crippen LogP contribution < -0.4 is 0 Å². The van der Waals surface area contributed by atoms with E-state index in [9.17, 15) is 4.79 Å². The van der Waals surface area contributed by atoms with Crippen molar-refractivity contribution in [3.8, 4) is 0 Å². The van der Waals surface area contributed by atoms with Crippen LogP contribution >= 0.6 is 0 Å². The minimum absolute atomic E-state index is 0.0273. The minimum atomic E-state index is -0.0273. The Bertz CT molecular complexity index is 249. The zero-order valence-electron chi connectivity index (χ0n) is 11.0. The molecule has 3 nitrogen and oxygen atoms in total. The number of likely N-dealkylation sites (tertiary alicyclic amines) is 1. The number of carbonyl (C=O) groups is 1. The van der Waals surface area contributed by atoms with Crippen LogP contribution in [0.5, 0.6) is 0 Å². The molecule has 1 heterocycles. The van der Waals surface area contributed by atoms with E-state index in [4.69, 9.17) is 4.74 Å². The van der Waals surface area contributed by atoms with Crippen molar-refractivity contribution < 1.29 is 9.53 Å². The average molecular weight is 239 g/mol. The van der Waals surface area contributed by atoms with Crippen molar-refractivity contribution >= 4 is 5.97 Å². The molecule has 0 radical (unpaired) electrons. The Morgan fingerprint density at radius 3 is 2.53 bits per heavy atom. The van der Waals surface area contributed by atoms with E-state index in [0.29, 0.717) is 0 Å². The summed E-state index contributed by atoms with van der Waals surface area (Å²) in [4.78, 5) is 14.1. The van der Waals surface area contributed by atoms with E-state index in [1.165, 1.54) is 52.1 Å². The van der Waals surface area contributed by atoms with Crippen molar-refractivity contribution in [2.24, 2.45) is 5.92 Å². The molecule has 2 fully saturated rings. The van der Waals surface area contributed by atoms with Crippen LogP contribution in [0.4, 0.5) is 0 Å². The van der Waals surface area contributed by atoms with Gasteiger partial charge >= 0.3 is 5.97 Å². The molecule has 1 saturated heterocycles. The van der Waals surface area contributed by atoms with Crippen LogP contribution in [0.25, 0.3) is 0 Å². The Morgan fingerprint density at radius 2 is 1.82 bits per heavy atom. The molecule has 0 spiro atoms. The van der Waals surface area contributed by atoms with Crippen LogP contribution in [0.1, 0.15) is 51.4 Å². The summed E-state index contributed by atoms with van der Waals surface area (Å²) in [6, 6.07) is 0.0377. The highest BCUT2D eigenvalue weighted by Gasteiger charge is 2.31. The second kappa shape index (κ2) is 6.39. The smallest absolute Gasteiger partial charge is 0.323 e. The van der Waals surface area contributed by atoms with Gasteiger partial charge < -0.3 is 4.74 Å². The molecule has 0 aromatic heterocycles. The Morgan fingerprint density at radius 1 is 1.12 bits per heavy atom. The van der Waals surface area contributed by atoms with Crippen LogP contribution in [0.15, 0.2) is 0 Å². The minimum Gasteiger partial charge on any atom is -0.468 e. The van der Waals surface area contributed by atoms with Gasteiger partial charge in [-0.3, -0.25) is 9.69 Å². The molecule has 2 aliphatic rings. The molecule has 3 heteroatoms. The highest BCUT2D eigenvalue weighted by molar-refractivity contribution is 5.75. The number of hydrogen-bond donors (Lipinski definition) is 0. The normalized spacial score (nSPS) is 27.9. The fourth-order valence-corrected chi connectivity index (χ4v) is 3.31. The Kier molecular flexibility index (Phi) is 4.84. The standard InChI is InChI=1S/C14H25NO2/c1-17-14(16)13-9-5-6-10-15(13)11-12-7-3-2-4-8-12/h12-13H,2-11H2,1H3. The van der Waals surface area contributed by atoms with Crippen molar-refractivity contribution in [3.05, 3.63) is 0 Å². The Balaban J connectivity index is 1.88. The lowest BCUT2D eigenvalue weighted by Gasteiger charge is -2.37. The molecule has 0 N–H and O–H groups in total. The van der Waals surface area contributed by atoms with Gasteiger partial charge in [-0.15, -0.1) is 0 Å². The first kappa shape index (κ1) is 12.9. The monoisotopic (exact) mass is 239 g/mol. The first-order valence-electron chi connectivity index (χ1n) is 7.13. The van der Waals surface area contributed by atoms with E-state index in [1.54, 1.807) is 0 Å². The van der Waals surface area contributed by atoms with Crippen LogP contribution in [0.3, 0.4) is 0 Å². The number of carbonyl (C=O) groups excluding carboxylic acids is 1. The number of ether oxygens (including phenoxy) is 1. The molecule has 1 unspecified atom stereocenters. The van der Waals surface area contributed by atoms with Gasteiger partial charge in [-0.25, -0.2) is 0 Å². The maximum absolute atomic E-state index is 11.8. The summed E-state index contributed by atoms with van der Waals surface area (Å²) >= 11 is 0. The number of hydrogen-bond acceptors (Lipinski definition) is 3. The third kappa shape index (κ3) is 3.44. The molecular formula is C14H25NO2. The Hall–Kier alpha value is -0.570. The van der Waals surface area contributed by atoms with Gasteiger partial charge in [0.1, 0.15) is 6.04 Å². The van der Waals surface area contributed by atoms with E-state index in [2.05, 4.69) is 4.90 Å². The molecule has 0 bridgehead atoms. The van der Waals surface area contributed by atoms with Crippen molar-refractivity contribution in [1.82, 2.24) is 4.90 Å². The summed E-state index contributed by atoms with van der Waals surface area (Å²) in [5.74, 6) is 0.787. The second-order valence-electron chi connectivity index (χ2n) is 5.53. The van der Waals surface area contributed by atoms with Gasteiger partial charge in [0.15, 0.2) is 0 Å². The first-order valence-corrected chi connectivity index (χ1v) is 7.13. The zero-order chi connectivity index (χ0) is 12.1. The number of piperidine rings is 1. The second-order valence-corrected chi connectivity index (χ2v) is 5.53. The molecule has 0 amide bonds. The summed E-state index contributed by atoms with van der Waals surface area (Å²) in [6.45, 7) is 2.19. The fraction of sp³-hybridized carbons (Fsp3) is 0.929. The lowest BCUT2D eigenvalue weighted by Crippen LogP contribution is -2.47. The number of esters is 1. The molecule has 1 atom stereocenters. The van der Waals surface area contributed by atoms with Gasteiger partial charge in [-0.05, 0) is 38.1 Å². The third-order valence-corrected chi connectivity index (χ3v) is 4.30. The van der Waals surface area contributed by atoms with Crippen molar-refractivity contribution in [1.29, 1.82) is 0 Å². The van der Waals surface area contributed by atoms with E-state index in [0.717, 1.165) is 25.4 Å². The Labute approximate surface area is 105 Å². The summed E-state index contributed by atoms with van der Waals surface area (Å²) < 4.78 is 4.93. The van der Waals surface area contributed by atoms with Gasteiger partial charge in [0.25, 0.3) is 0 Å². The number of methoxy groups -OCH3 is 1. The predicted molar refractivity (Wildman–Crippen MR) is 67.8 cm³/mol. The maximum Gasteiger partial charge on any atom is 0.323 e. The SMILES string of the molecule is COC(=O)C1CCCCN1CC1CCCCC1. The van der Waals surface area contributed by atoms with Gasteiger partial charge in [0, 0.05) is 6.54 Å². The fourth-order valence-electron chi connectivity index (χ4n) is 3.31. The summed E-state index contributed by atoms with van der Waals surface area (Å²) in [7, 11) is 1.51. The molecule has 0 aromatic carbocycles. The maximum atomic E-state index is 11.8. The van der Waals surface area contributed by atoms with Gasteiger partial charge in [-0.1, -0.05) is 25.7 Å². The molecule has 98 valence electrons. The van der Waals surface area contributed by atoms with E-state index in [-0.39, 0.29) is 12.0 Å². The summed E-state index contributed by atoms with van der Waals surface area (Å²) in [6.07, 6.45) is 10.2. The lowest BCUT2D eigenvalue weighted by molar-refractivity contribution is -0.148. The number of nitrogens with zero attached hydrogens (tertiary/aromatic N) is 1. The van der Waals surface area contributed by atoms with Crippen molar-refractivity contribution in [2.45, 2.75) is 57.4 Å². The van der Waals surface area contributed by atoms with Gasteiger partial charge in [-0.2, -0.15) is 0 Å². The van der Waals surface area contributed by atoms with Crippen LogP contribution in [0.2, 0.25) is 0 Å². The quantitative estimate of drug-likeness (QED) is 0.709. The van der Waals surface area contributed by atoms with Gasteiger partial charge in [0.05, 0.1) is 7.11 Å². The molecule has 1 saturated carbocycles. The summed E-state index contributed by atoms with van der Waals surface area (Å²) in [5.41, 5.74) is 0. The first-order chi connectivity index (χ1) is 8.31. The molecular weight excluding hydrogens is 214 g/mol. The van der Waals surface area contributed by atoms with Crippen LogP contribution in [-0.2, 0) is 9.53 Å². The predicted octanol–water partition coefficient (Wildman–Crippen LogP) is 2.59.